The molecule has 1 N–H and O–H groups in total. The Bertz CT molecular complexity index is 334. The topological polar surface area (TPSA) is 12.0 Å². The van der Waals surface area contributed by atoms with E-state index in [4.69, 9.17) is 0 Å². The van der Waals surface area contributed by atoms with E-state index in [2.05, 4.69) is 32.2 Å². The molecule has 1 aliphatic heterocycles. The Hall–Kier alpha value is -0.340. The maximum Gasteiger partial charge on any atom is 0.0220 e. The maximum atomic E-state index is 3.71. The Morgan fingerprint density at radius 3 is 2.73 bits per heavy atom. The average Bonchev–Trinajstić information content (AvgIpc) is 2.76. The second-order valence-corrected chi connectivity index (χ2v) is 6.24. The van der Waals surface area contributed by atoms with E-state index in [0.717, 1.165) is 0 Å². The van der Waals surface area contributed by atoms with Gasteiger partial charge in [0.25, 0.3) is 0 Å². The van der Waals surface area contributed by atoms with E-state index >= 15 is 0 Å². The minimum atomic E-state index is 0.401. The molecule has 1 aliphatic rings. The Kier molecular flexibility index (Phi) is 3.17. The van der Waals surface area contributed by atoms with Crippen LogP contribution in [0.2, 0.25) is 0 Å². The number of nitrogens with one attached hydrogen (secondary N) is 1. The summed E-state index contributed by atoms with van der Waals surface area (Å²) in [6.07, 6.45) is 5.16. The minimum Gasteiger partial charge on any atom is -0.311 e. The van der Waals surface area contributed by atoms with Gasteiger partial charge in [-0.15, -0.1) is 11.3 Å². The molecule has 2 rings (SSSR count). The van der Waals surface area contributed by atoms with Crippen LogP contribution in [0.1, 0.15) is 41.5 Å². The third-order valence-corrected chi connectivity index (χ3v) is 4.69. The largest absolute Gasteiger partial charge is 0.311 e. The third kappa shape index (κ3) is 2.26. The van der Waals surface area contributed by atoms with Crippen molar-refractivity contribution in [3.05, 3.63) is 21.4 Å². The molecule has 0 aliphatic carbocycles. The first-order valence-corrected chi connectivity index (χ1v) is 6.78. The first-order valence-electron chi connectivity index (χ1n) is 5.96. The lowest BCUT2D eigenvalue weighted by Crippen LogP contribution is -2.41. The molecule has 1 aromatic rings. The zero-order valence-electron chi connectivity index (χ0n) is 10.0. The van der Waals surface area contributed by atoms with Gasteiger partial charge >= 0.3 is 0 Å². The molecule has 0 radical (unpaired) electrons. The molecule has 1 unspecified atom stereocenters. The highest BCUT2D eigenvalue weighted by atomic mass is 32.1. The Morgan fingerprint density at radius 2 is 2.27 bits per heavy atom. The number of rotatable bonds is 3. The van der Waals surface area contributed by atoms with E-state index in [1.165, 1.54) is 42.0 Å². The molecule has 2 heteroatoms. The van der Waals surface area contributed by atoms with Crippen molar-refractivity contribution < 1.29 is 0 Å². The van der Waals surface area contributed by atoms with Gasteiger partial charge in [0.1, 0.15) is 0 Å². The quantitative estimate of drug-likeness (QED) is 0.827. The van der Waals surface area contributed by atoms with Crippen molar-refractivity contribution in [2.45, 2.75) is 52.0 Å². The van der Waals surface area contributed by atoms with Crippen molar-refractivity contribution in [3.8, 4) is 0 Å². The molecule has 1 atom stereocenters. The monoisotopic (exact) mass is 223 g/mol. The average molecular weight is 223 g/mol. The molecule has 0 saturated carbocycles. The molecular weight excluding hydrogens is 202 g/mol. The van der Waals surface area contributed by atoms with Crippen LogP contribution < -0.4 is 5.32 Å². The van der Waals surface area contributed by atoms with Crippen LogP contribution in [0.25, 0.3) is 0 Å². The van der Waals surface area contributed by atoms with Crippen molar-refractivity contribution in [2.24, 2.45) is 0 Å². The Morgan fingerprint density at radius 1 is 1.47 bits per heavy atom. The molecule has 0 bridgehead atoms. The predicted molar refractivity (Wildman–Crippen MR) is 67.8 cm³/mol. The number of aryl methyl sites for hydroxylation is 2. The molecule has 1 aromatic heterocycles. The molecule has 1 fully saturated rings. The van der Waals surface area contributed by atoms with E-state index < -0.39 is 0 Å². The summed E-state index contributed by atoms with van der Waals surface area (Å²) < 4.78 is 0. The van der Waals surface area contributed by atoms with Gasteiger partial charge < -0.3 is 5.32 Å². The predicted octanol–water partition coefficient (Wildman–Crippen LogP) is 3.44. The molecule has 0 spiro atoms. The smallest absolute Gasteiger partial charge is 0.0220 e. The second-order valence-electron chi connectivity index (χ2n) is 4.78. The normalized spacial score (nSPS) is 26.1. The van der Waals surface area contributed by atoms with Gasteiger partial charge in [0.05, 0.1) is 0 Å². The molecular formula is C13H21NS. The number of hydrogen-bond acceptors (Lipinski definition) is 2. The zero-order valence-corrected chi connectivity index (χ0v) is 10.8. The standard InChI is InChI=1S/C13H21NS/c1-4-13(6-5-7-14-13)9-12-8-10(2)15-11(12)3/h8,14H,4-7,9H2,1-3H3. The highest BCUT2D eigenvalue weighted by Crippen LogP contribution is 2.31. The van der Waals surface area contributed by atoms with Crippen LogP contribution in [0.3, 0.4) is 0 Å². The molecule has 15 heavy (non-hydrogen) atoms. The molecule has 1 nitrogen and oxygen atoms in total. The lowest BCUT2D eigenvalue weighted by Gasteiger charge is -2.28. The Labute approximate surface area is 96.9 Å². The van der Waals surface area contributed by atoms with Gasteiger partial charge in [0, 0.05) is 15.3 Å². The summed E-state index contributed by atoms with van der Waals surface area (Å²) in [6.45, 7) is 7.98. The number of hydrogen-bond donors (Lipinski definition) is 1. The van der Waals surface area contributed by atoms with Gasteiger partial charge in [-0.3, -0.25) is 0 Å². The first-order chi connectivity index (χ1) is 7.15. The molecule has 0 amide bonds. The maximum absolute atomic E-state index is 3.71. The van der Waals surface area contributed by atoms with Gasteiger partial charge in [0.2, 0.25) is 0 Å². The third-order valence-electron chi connectivity index (χ3n) is 3.68. The summed E-state index contributed by atoms with van der Waals surface area (Å²) in [7, 11) is 0. The lowest BCUT2D eigenvalue weighted by molar-refractivity contribution is 0.360. The van der Waals surface area contributed by atoms with E-state index in [9.17, 15) is 0 Å². The van der Waals surface area contributed by atoms with Gasteiger partial charge in [-0.2, -0.15) is 0 Å². The van der Waals surface area contributed by atoms with Gasteiger partial charge in [-0.1, -0.05) is 6.92 Å². The van der Waals surface area contributed by atoms with Gasteiger partial charge in [0.15, 0.2) is 0 Å². The lowest BCUT2D eigenvalue weighted by atomic mass is 9.87. The summed E-state index contributed by atoms with van der Waals surface area (Å²) in [4.78, 5) is 2.96. The summed E-state index contributed by atoms with van der Waals surface area (Å²) in [5.74, 6) is 0. The van der Waals surface area contributed by atoms with Crippen LogP contribution >= 0.6 is 11.3 Å². The van der Waals surface area contributed by atoms with E-state index in [-0.39, 0.29) is 0 Å². The zero-order chi connectivity index (χ0) is 10.9. The van der Waals surface area contributed by atoms with Crippen LogP contribution in [0.4, 0.5) is 0 Å². The first kappa shape index (κ1) is 11.2. The van der Waals surface area contributed by atoms with Crippen LogP contribution in [0.5, 0.6) is 0 Å². The van der Waals surface area contributed by atoms with Crippen LogP contribution in [0, 0.1) is 13.8 Å². The van der Waals surface area contributed by atoms with Crippen LogP contribution in [-0.4, -0.2) is 12.1 Å². The van der Waals surface area contributed by atoms with Crippen molar-refractivity contribution in [2.75, 3.05) is 6.54 Å². The molecule has 2 heterocycles. The fourth-order valence-corrected chi connectivity index (χ4v) is 3.62. The molecule has 84 valence electrons. The molecule has 1 saturated heterocycles. The van der Waals surface area contributed by atoms with Crippen molar-refractivity contribution in [1.82, 2.24) is 5.32 Å². The Balaban J connectivity index is 2.16. The van der Waals surface area contributed by atoms with Gasteiger partial charge in [-0.25, -0.2) is 0 Å². The SMILES string of the molecule is CCC1(Cc2cc(C)sc2C)CCCN1. The fraction of sp³-hybridized carbons (Fsp3) is 0.692. The van der Waals surface area contributed by atoms with Gasteiger partial charge in [-0.05, 0) is 57.7 Å². The fourth-order valence-electron chi connectivity index (χ4n) is 2.67. The van der Waals surface area contributed by atoms with E-state index in [0.29, 0.717) is 5.54 Å². The van der Waals surface area contributed by atoms with Crippen molar-refractivity contribution >= 4 is 11.3 Å². The summed E-state index contributed by atoms with van der Waals surface area (Å²) in [5, 5.41) is 3.71. The highest BCUT2D eigenvalue weighted by molar-refractivity contribution is 7.12. The van der Waals surface area contributed by atoms with E-state index in [1.807, 2.05) is 11.3 Å². The number of thiophene rings is 1. The summed E-state index contributed by atoms with van der Waals surface area (Å²) in [5.41, 5.74) is 1.96. The second kappa shape index (κ2) is 4.26. The summed E-state index contributed by atoms with van der Waals surface area (Å²) in [6, 6.07) is 2.37. The van der Waals surface area contributed by atoms with E-state index in [1.54, 1.807) is 5.56 Å². The highest BCUT2D eigenvalue weighted by Gasteiger charge is 2.32. The van der Waals surface area contributed by atoms with Crippen molar-refractivity contribution in [1.29, 1.82) is 0 Å². The van der Waals surface area contributed by atoms with Crippen molar-refractivity contribution in [3.63, 3.8) is 0 Å². The van der Waals surface area contributed by atoms with Crippen LogP contribution in [0.15, 0.2) is 6.07 Å². The minimum absolute atomic E-state index is 0.401. The summed E-state index contributed by atoms with van der Waals surface area (Å²) >= 11 is 1.93. The molecule has 0 aromatic carbocycles. The van der Waals surface area contributed by atoms with Crippen LogP contribution in [-0.2, 0) is 6.42 Å².